The van der Waals surface area contributed by atoms with Crippen LogP contribution in [0.3, 0.4) is 0 Å². The average molecular weight is 237 g/mol. The lowest BCUT2D eigenvalue weighted by Gasteiger charge is -2.05. The van der Waals surface area contributed by atoms with E-state index in [2.05, 4.69) is 22.6 Å². The predicted molar refractivity (Wildman–Crippen MR) is 63.5 cm³/mol. The smallest absolute Gasteiger partial charge is 0.169 e. The molecule has 1 atom stereocenters. The summed E-state index contributed by atoms with van der Waals surface area (Å²) >= 11 is 0. The Labute approximate surface area is 97.3 Å². The van der Waals surface area contributed by atoms with E-state index < -0.39 is 10.5 Å². The quantitative estimate of drug-likeness (QED) is 0.704. The Bertz CT molecular complexity index is 513. The van der Waals surface area contributed by atoms with Crippen molar-refractivity contribution >= 4 is 10.5 Å². The lowest BCUT2D eigenvalue weighted by Crippen LogP contribution is -1.92. The summed E-state index contributed by atoms with van der Waals surface area (Å²) in [7, 11) is -2.22. The first-order valence-corrected chi connectivity index (χ1v) is 6.54. The molecular formula is C12H15NO2S. The summed E-state index contributed by atoms with van der Waals surface area (Å²) in [5.74, 6) is 0.847. The van der Waals surface area contributed by atoms with E-state index in [1.807, 2.05) is 0 Å². The second-order valence-electron chi connectivity index (χ2n) is 4.47. The molecule has 0 aromatic rings. The molecule has 0 aromatic heterocycles. The molecule has 86 valence electrons. The molecular weight excluding hydrogens is 222 g/mol. The number of rotatable bonds is 1. The highest BCUT2D eigenvalue weighted by atomic mass is 32.2. The lowest BCUT2D eigenvalue weighted by molar-refractivity contribution is 0.617. The highest BCUT2D eigenvalue weighted by molar-refractivity contribution is 7.61. The molecule has 0 radical (unpaired) electrons. The molecule has 3 aliphatic rings. The van der Waals surface area contributed by atoms with E-state index in [0.29, 0.717) is 0 Å². The molecule has 1 unspecified atom stereocenters. The van der Waals surface area contributed by atoms with E-state index in [-0.39, 0.29) is 6.04 Å². The van der Waals surface area contributed by atoms with E-state index in [9.17, 15) is 8.42 Å². The fraction of sp³-hybridized carbons (Fsp3) is 0.500. The number of nitrogens with zero attached hydrogens (tertiary/aromatic N) is 1. The van der Waals surface area contributed by atoms with Crippen LogP contribution in [0.2, 0.25) is 0 Å². The van der Waals surface area contributed by atoms with Gasteiger partial charge >= 0.3 is 10.5 Å². The van der Waals surface area contributed by atoms with Gasteiger partial charge in [-0.3, -0.25) is 0 Å². The van der Waals surface area contributed by atoms with Gasteiger partial charge in [-0.1, -0.05) is 18.2 Å². The predicted octanol–water partition coefficient (Wildman–Crippen LogP) is 2.66. The van der Waals surface area contributed by atoms with Gasteiger partial charge in [-0.2, -0.15) is 12.8 Å². The zero-order valence-corrected chi connectivity index (χ0v) is 10.3. The molecule has 0 saturated carbocycles. The molecule has 4 bridgehead atoms. The highest BCUT2D eigenvalue weighted by Crippen LogP contribution is 2.48. The summed E-state index contributed by atoms with van der Waals surface area (Å²) in [4.78, 5) is 0. The zero-order valence-electron chi connectivity index (χ0n) is 9.47. The van der Waals surface area contributed by atoms with Crippen LogP contribution in [0.25, 0.3) is 0 Å². The van der Waals surface area contributed by atoms with Gasteiger partial charge in [0.15, 0.2) is 0 Å². The summed E-state index contributed by atoms with van der Waals surface area (Å²) < 4.78 is 22.5. The third kappa shape index (κ3) is 2.16. The Morgan fingerprint density at radius 2 is 2.12 bits per heavy atom. The van der Waals surface area contributed by atoms with Crippen molar-refractivity contribution in [3.8, 4) is 0 Å². The lowest BCUT2D eigenvalue weighted by atomic mass is 9.98. The third-order valence-electron chi connectivity index (χ3n) is 2.94. The monoisotopic (exact) mass is 237 g/mol. The van der Waals surface area contributed by atoms with Crippen LogP contribution in [-0.4, -0.2) is 14.5 Å². The molecule has 4 heteroatoms. The van der Waals surface area contributed by atoms with Gasteiger partial charge in [0.2, 0.25) is 0 Å². The van der Waals surface area contributed by atoms with Crippen LogP contribution >= 0.6 is 0 Å². The standard InChI is InChI=1S/C9H8.C3H7NO2S/c1-3-8-7-2-4-9(8)6(1)5-7;1-3(2)4-7(5)6/h1,3,5,9H,2,4H2;3H,1-2H3. The van der Waals surface area contributed by atoms with Gasteiger partial charge in [0.1, 0.15) is 0 Å². The summed E-state index contributed by atoms with van der Waals surface area (Å²) in [6.07, 6.45) is 9.66. The van der Waals surface area contributed by atoms with Gasteiger partial charge < -0.3 is 0 Å². The van der Waals surface area contributed by atoms with Crippen molar-refractivity contribution in [3.05, 3.63) is 34.9 Å². The van der Waals surface area contributed by atoms with Crippen molar-refractivity contribution in [2.24, 2.45) is 10.3 Å². The number of hydrogen-bond donors (Lipinski definition) is 0. The van der Waals surface area contributed by atoms with E-state index >= 15 is 0 Å². The molecule has 3 rings (SSSR count). The molecule has 3 aliphatic carbocycles. The van der Waals surface area contributed by atoms with Crippen molar-refractivity contribution in [1.29, 1.82) is 0 Å². The van der Waals surface area contributed by atoms with E-state index in [1.165, 1.54) is 12.8 Å². The third-order valence-corrected chi connectivity index (χ3v) is 3.54. The fourth-order valence-electron chi connectivity index (χ4n) is 2.37. The Hall–Kier alpha value is -1.16. The van der Waals surface area contributed by atoms with Crippen molar-refractivity contribution < 1.29 is 8.42 Å². The normalized spacial score (nSPS) is 23.4. The summed E-state index contributed by atoms with van der Waals surface area (Å²) in [6.45, 7) is 3.41. The molecule has 0 N–H and O–H groups in total. The van der Waals surface area contributed by atoms with Crippen molar-refractivity contribution in [3.63, 3.8) is 0 Å². The van der Waals surface area contributed by atoms with Gasteiger partial charge in [0.05, 0.1) is 6.04 Å². The molecule has 0 spiro atoms. The van der Waals surface area contributed by atoms with Crippen molar-refractivity contribution in [1.82, 2.24) is 0 Å². The minimum atomic E-state index is -2.22. The van der Waals surface area contributed by atoms with Gasteiger partial charge in [-0.05, 0) is 43.4 Å². The van der Waals surface area contributed by atoms with Gasteiger partial charge in [0.25, 0.3) is 0 Å². The molecule has 0 aliphatic heterocycles. The maximum absolute atomic E-state index is 9.64. The van der Waals surface area contributed by atoms with Gasteiger partial charge in [-0.15, -0.1) is 0 Å². The van der Waals surface area contributed by atoms with Crippen LogP contribution < -0.4 is 0 Å². The fourth-order valence-corrected chi connectivity index (χ4v) is 2.72. The first kappa shape index (κ1) is 11.3. The molecule has 0 amide bonds. The Morgan fingerprint density at radius 3 is 2.44 bits per heavy atom. The minimum Gasteiger partial charge on any atom is -0.169 e. The molecule has 0 aromatic carbocycles. The van der Waals surface area contributed by atoms with Crippen LogP contribution in [0.15, 0.2) is 39.3 Å². The molecule has 0 heterocycles. The van der Waals surface area contributed by atoms with Crippen LogP contribution in [-0.2, 0) is 10.5 Å². The molecule has 16 heavy (non-hydrogen) atoms. The first-order valence-electron chi connectivity index (χ1n) is 5.51. The molecule has 3 nitrogen and oxygen atoms in total. The number of hydrogen-bond acceptors (Lipinski definition) is 3. The van der Waals surface area contributed by atoms with E-state index in [4.69, 9.17) is 0 Å². The Balaban J connectivity index is 0.000000127. The SMILES string of the molecule is C1=CC2=C3C=C1C2CC3.CC(C)N=S(=O)=O. The maximum Gasteiger partial charge on any atom is 0.311 e. The topological polar surface area (TPSA) is 46.5 Å². The summed E-state index contributed by atoms with van der Waals surface area (Å²) in [6, 6.07) is -0.113. The molecule has 0 fully saturated rings. The highest BCUT2D eigenvalue weighted by Gasteiger charge is 2.33. The summed E-state index contributed by atoms with van der Waals surface area (Å²) in [5.41, 5.74) is 4.83. The van der Waals surface area contributed by atoms with Gasteiger partial charge in [0, 0.05) is 5.92 Å². The van der Waals surface area contributed by atoms with Crippen LogP contribution in [0, 0.1) is 5.92 Å². The number of allylic oxidation sites excluding steroid dienone is 6. The van der Waals surface area contributed by atoms with Crippen molar-refractivity contribution in [2.45, 2.75) is 32.7 Å². The average Bonchev–Trinajstić information content (AvgIpc) is 2.82. The summed E-state index contributed by atoms with van der Waals surface area (Å²) in [5, 5.41) is 0. The van der Waals surface area contributed by atoms with E-state index in [0.717, 1.165) is 5.92 Å². The maximum atomic E-state index is 9.64. The minimum absolute atomic E-state index is 0.113. The van der Waals surface area contributed by atoms with E-state index in [1.54, 1.807) is 30.6 Å². The van der Waals surface area contributed by atoms with Crippen molar-refractivity contribution in [2.75, 3.05) is 0 Å². The molecule has 0 saturated heterocycles. The Kier molecular flexibility index (Phi) is 3.10. The second-order valence-corrected chi connectivity index (χ2v) is 5.11. The van der Waals surface area contributed by atoms with Crippen LogP contribution in [0.1, 0.15) is 26.7 Å². The zero-order chi connectivity index (χ0) is 11.7. The van der Waals surface area contributed by atoms with Crippen LogP contribution in [0.4, 0.5) is 0 Å². The largest absolute Gasteiger partial charge is 0.311 e. The Morgan fingerprint density at radius 1 is 1.38 bits per heavy atom. The second kappa shape index (κ2) is 4.37. The first-order chi connectivity index (χ1) is 7.58. The van der Waals surface area contributed by atoms with Gasteiger partial charge in [-0.25, -0.2) is 0 Å². The van der Waals surface area contributed by atoms with Crippen LogP contribution in [0.5, 0.6) is 0 Å².